The molecule has 1 saturated heterocycles. The predicted octanol–water partition coefficient (Wildman–Crippen LogP) is -2.86. The molecule has 1 aromatic carbocycles. The molecule has 8 radical (unpaired) electrons. The number of aromatic nitrogens is 3. The van der Waals surface area contributed by atoms with E-state index in [0.717, 1.165) is 18.5 Å². The van der Waals surface area contributed by atoms with Gasteiger partial charge >= 0.3 is 0 Å². The summed E-state index contributed by atoms with van der Waals surface area (Å²) in [5.41, 5.74) is 2.57. The van der Waals surface area contributed by atoms with Crippen molar-refractivity contribution in [2.24, 2.45) is 0 Å². The van der Waals surface area contributed by atoms with Gasteiger partial charge < -0.3 is 10.1 Å². The van der Waals surface area contributed by atoms with E-state index in [4.69, 9.17) is 36.1 Å². The van der Waals surface area contributed by atoms with Crippen LogP contribution in [-0.2, 0) is 9.53 Å². The van der Waals surface area contributed by atoms with Crippen LogP contribution in [0.15, 0.2) is 24.3 Å². The summed E-state index contributed by atoms with van der Waals surface area (Å²) in [5, 5.41) is 11.8. The van der Waals surface area contributed by atoms with Gasteiger partial charge in [-0.2, -0.15) is 0 Å². The Kier molecular flexibility index (Phi) is 5.92. The molecule has 0 aliphatic carbocycles. The third-order valence-electron chi connectivity index (χ3n) is 4.94. The van der Waals surface area contributed by atoms with Gasteiger partial charge in [0.25, 0.3) is 0 Å². The maximum Gasteiger partial charge on any atom is 0.239 e. The highest BCUT2D eigenvalue weighted by Crippen LogP contribution is 2.21. The fraction of sp³-hybridized carbons (Fsp3) is 0.263. The van der Waals surface area contributed by atoms with E-state index in [9.17, 15) is 4.79 Å². The SMILES string of the molecule is [B]c1nc([B])c(-c2ccc3nnc(NC(=O)CN4CCOCC4)cc3c2)c([B])c1[B]. The van der Waals surface area contributed by atoms with Crippen molar-refractivity contribution in [3.63, 3.8) is 0 Å². The highest BCUT2D eigenvalue weighted by molar-refractivity contribution is 6.59. The molecule has 1 aliphatic rings. The van der Waals surface area contributed by atoms with Crippen molar-refractivity contribution in [1.29, 1.82) is 0 Å². The van der Waals surface area contributed by atoms with Crippen LogP contribution in [0, 0.1) is 0 Å². The molecular formula is C19H15B4N5O2. The zero-order chi connectivity index (χ0) is 21.3. The summed E-state index contributed by atoms with van der Waals surface area (Å²) in [5.74, 6) is 0.194. The quantitative estimate of drug-likeness (QED) is 0.484. The molecule has 30 heavy (non-hydrogen) atoms. The van der Waals surface area contributed by atoms with Gasteiger partial charge in [-0.05, 0) is 40.5 Å². The van der Waals surface area contributed by atoms with Gasteiger partial charge in [-0.25, -0.2) is 0 Å². The summed E-state index contributed by atoms with van der Waals surface area (Å²) < 4.78 is 5.29. The summed E-state index contributed by atoms with van der Waals surface area (Å²) in [7, 11) is 23.8. The average Bonchev–Trinajstić information content (AvgIpc) is 2.72. The number of nitrogens with zero attached hydrogens (tertiary/aromatic N) is 4. The molecule has 0 atom stereocenters. The van der Waals surface area contributed by atoms with E-state index in [1.165, 1.54) is 0 Å². The average molecular weight is 389 g/mol. The van der Waals surface area contributed by atoms with Crippen LogP contribution in [0.3, 0.4) is 0 Å². The molecule has 1 amide bonds. The van der Waals surface area contributed by atoms with Gasteiger partial charge in [-0.15, -0.1) is 10.2 Å². The van der Waals surface area contributed by atoms with Gasteiger partial charge in [-0.3, -0.25) is 14.7 Å². The summed E-state index contributed by atoms with van der Waals surface area (Å²) in [6.07, 6.45) is 0. The number of fused-ring (bicyclic) bond motifs is 1. The van der Waals surface area contributed by atoms with Gasteiger partial charge in [0, 0.05) is 18.5 Å². The fourth-order valence-electron chi connectivity index (χ4n) is 3.37. The topological polar surface area (TPSA) is 80.2 Å². The van der Waals surface area contributed by atoms with Crippen molar-refractivity contribution >= 4 is 76.1 Å². The van der Waals surface area contributed by atoms with E-state index in [-0.39, 0.29) is 34.6 Å². The Morgan fingerprint density at radius 2 is 1.80 bits per heavy atom. The molecule has 7 nitrogen and oxygen atoms in total. The molecule has 3 aromatic rings. The van der Waals surface area contributed by atoms with Crippen LogP contribution >= 0.6 is 0 Å². The summed E-state index contributed by atoms with van der Waals surface area (Å²) in [4.78, 5) is 18.4. The standard InChI is InChI=1S/C19H15B4N5O2/c20-16-15(18(22)25-19(23)17(16)21)10-1-2-12-11(7-10)8-13(27-26-12)24-14(29)9-28-3-5-30-6-4-28/h1-2,7-8H,3-6,9H2,(H,24,27,29). The molecule has 0 saturated carbocycles. The lowest BCUT2D eigenvalue weighted by Crippen LogP contribution is -2.47. The van der Waals surface area contributed by atoms with Crippen LogP contribution in [0.2, 0.25) is 0 Å². The lowest BCUT2D eigenvalue weighted by atomic mass is 9.70. The number of anilines is 1. The number of carbonyl (C=O) groups is 1. The molecule has 1 fully saturated rings. The summed E-state index contributed by atoms with van der Waals surface area (Å²) >= 11 is 0. The van der Waals surface area contributed by atoms with Gasteiger partial charge in [0.15, 0.2) is 5.82 Å². The largest absolute Gasteiger partial charge is 0.379 e. The number of hydrogen-bond acceptors (Lipinski definition) is 6. The predicted molar refractivity (Wildman–Crippen MR) is 120 cm³/mol. The van der Waals surface area contributed by atoms with E-state index in [1.54, 1.807) is 18.2 Å². The lowest BCUT2D eigenvalue weighted by molar-refractivity contribution is -0.118. The van der Waals surface area contributed by atoms with Crippen molar-refractivity contribution in [3.8, 4) is 11.1 Å². The first-order chi connectivity index (χ1) is 14.4. The highest BCUT2D eigenvalue weighted by atomic mass is 16.5. The third-order valence-corrected chi connectivity index (χ3v) is 4.94. The molecule has 1 aliphatic heterocycles. The normalized spacial score (nSPS) is 14.7. The molecule has 0 spiro atoms. The Morgan fingerprint density at radius 1 is 1.03 bits per heavy atom. The molecular weight excluding hydrogens is 373 g/mol. The van der Waals surface area contributed by atoms with Crippen LogP contribution in [0.5, 0.6) is 0 Å². The van der Waals surface area contributed by atoms with E-state index >= 15 is 0 Å². The smallest absolute Gasteiger partial charge is 0.239 e. The minimum Gasteiger partial charge on any atom is -0.379 e. The van der Waals surface area contributed by atoms with E-state index in [2.05, 4.69) is 20.5 Å². The molecule has 4 rings (SSSR count). The number of nitrogens with one attached hydrogen (secondary N) is 1. The Labute approximate surface area is 179 Å². The van der Waals surface area contributed by atoms with Gasteiger partial charge in [0.2, 0.25) is 5.91 Å². The second-order valence-electron chi connectivity index (χ2n) is 7.02. The first-order valence-electron chi connectivity index (χ1n) is 9.40. The third kappa shape index (κ3) is 4.27. The van der Waals surface area contributed by atoms with Crippen molar-refractivity contribution in [2.45, 2.75) is 0 Å². The number of ether oxygens (including phenoxy) is 1. The summed E-state index contributed by atoms with van der Waals surface area (Å²) in [6.45, 7) is 2.97. The molecule has 0 unspecified atom stereocenters. The van der Waals surface area contributed by atoms with E-state index in [1.807, 2.05) is 11.0 Å². The van der Waals surface area contributed by atoms with E-state index in [0.29, 0.717) is 35.7 Å². The second kappa shape index (κ2) is 8.61. The Hall–Kier alpha value is -2.64. The van der Waals surface area contributed by atoms with E-state index < -0.39 is 0 Å². The number of hydrogen-bond donors (Lipinski definition) is 1. The Balaban J connectivity index is 1.60. The number of morpholine rings is 1. The minimum absolute atomic E-state index is 0.0886. The van der Waals surface area contributed by atoms with Crippen LogP contribution in [0.4, 0.5) is 5.82 Å². The molecule has 11 heteroatoms. The number of carbonyl (C=O) groups excluding carboxylic acids is 1. The molecule has 1 N–H and O–H groups in total. The zero-order valence-corrected chi connectivity index (χ0v) is 16.3. The maximum atomic E-state index is 12.3. The van der Waals surface area contributed by atoms with Crippen LogP contribution < -0.4 is 27.4 Å². The zero-order valence-electron chi connectivity index (χ0n) is 16.3. The van der Waals surface area contributed by atoms with Gasteiger partial charge in [0.05, 0.1) is 25.3 Å². The first-order valence-corrected chi connectivity index (χ1v) is 9.40. The molecule has 0 bridgehead atoms. The maximum absolute atomic E-state index is 12.3. The Morgan fingerprint density at radius 3 is 2.57 bits per heavy atom. The number of rotatable bonds is 4. The van der Waals surface area contributed by atoms with Gasteiger partial charge in [-0.1, -0.05) is 17.0 Å². The van der Waals surface area contributed by atoms with Crippen molar-refractivity contribution in [1.82, 2.24) is 20.1 Å². The number of benzene rings is 1. The fourth-order valence-corrected chi connectivity index (χ4v) is 3.37. The summed E-state index contributed by atoms with van der Waals surface area (Å²) in [6, 6.07) is 7.15. The van der Waals surface area contributed by atoms with Crippen molar-refractivity contribution in [2.75, 3.05) is 38.2 Å². The molecule has 3 heterocycles. The minimum atomic E-state index is -0.161. The molecule has 140 valence electrons. The van der Waals surface area contributed by atoms with Crippen molar-refractivity contribution < 1.29 is 9.53 Å². The van der Waals surface area contributed by atoms with Crippen LogP contribution in [0.1, 0.15) is 0 Å². The number of amides is 1. The Bertz CT molecular complexity index is 1120. The first kappa shape index (κ1) is 20.6. The van der Waals surface area contributed by atoms with Crippen LogP contribution in [-0.4, -0.2) is 90.2 Å². The van der Waals surface area contributed by atoms with Gasteiger partial charge in [0.1, 0.15) is 31.4 Å². The van der Waals surface area contributed by atoms with Crippen LogP contribution in [0.25, 0.3) is 22.0 Å². The molecule has 2 aromatic heterocycles. The number of pyridine rings is 1. The highest BCUT2D eigenvalue weighted by Gasteiger charge is 2.15. The lowest BCUT2D eigenvalue weighted by Gasteiger charge is -2.25. The van der Waals surface area contributed by atoms with Crippen molar-refractivity contribution in [3.05, 3.63) is 24.3 Å². The second-order valence-corrected chi connectivity index (χ2v) is 7.02. The monoisotopic (exact) mass is 389 g/mol.